The van der Waals surface area contributed by atoms with Crippen LogP contribution in [0.1, 0.15) is 36.3 Å². The molecular weight excluding hydrogens is 362 g/mol. The molecular formula is C17H18ClN3O3S. The van der Waals surface area contributed by atoms with E-state index in [2.05, 4.69) is 15.5 Å². The van der Waals surface area contributed by atoms with E-state index in [9.17, 15) is 4.79 Å². The van der Waals surface area contributed by atoms with Gasteiger partial charge in [0.25, 0.3) is 0 Å². The van der Waals surface area contributed by atoms with Crippen LogP contribution >= 0.6 is 22.9 Å². The van der Waals surface area contributed by atoms with Gasteiger partial charge in [-0.3, -0.25) is 10.1 Å². The number of hydrogen-bond donors (Lipinski definition) is 1. The quantitative estimate of drug-likeness (QED) is 0.732. The number of benzene rings is 1. The van der Waals surface area contributed by atoms with Gasteiger partial charge in [-0.15, -0.1) is 10.2 Å². The first-order chi connectivity index (χ1) is 12.1. The summed E-state index contributed by atoms with van der Waals surface area (Å²) in [5.74, 6) is 1.27. The molecule has 0 spiro atoms. The standard InChI is InChI=1S/C17H18ClN3O3S/c1-3-24-13-9-10(8-12(18)15(13)23-2)4-7-14(22)19-17-21-20-16(25-17)11-5-6-11/h4,7-9,11H,3,5-6H2,1-2H3,(H,19,21,22)/b7-4+. The number of nitrogens with one attached hydrogen (secondary N) is 1. The van der Waals surface area contributed by atoms with Gasteiger partial charge in [-0.05, 0) is 43.5 Å². The maximum absolute atomic E-state index is 12.1. The number of halogens is 1. The van der Waals surface area contributed by atoms with Crippen molar-refractivity contribution in [2.75, 3.05) is 19.0 Å². The maximum Gasteiger partial charge on any atom is 0.250 e. The number of methoxy groups -OCH3 is 1. The van der Waals surface area contributed by atoms with Crippen molar-refractivity contribution in [2.45, 2.75) is 25.7 Å². The predicted octanol–water partition coefficient (Wildman–Crippen LogP) is 4.13. The number of ether oxygens (including phenoxy) is 2. The Labute approximate surface area is 154 Å². The topological polar surface area (TPSA) is 73.3 Å². The highest BCUT2D eigenvalue weighted by Crippen LogP contribution is 2.42. The van der Waals surface area contributed by atoms with Crippen molar-refractivity contribution in [1.29, 1.82) is 0 Å². The minimum Gasteiger partial charge on any atom is -0.491 e. The minimum absolute atomic E-state index is 0.275. The van der Waals surface area contributed by atoms with Crippen molar-refractivity contribution >= 4 is 40.1 Å². The number of nitrogens with zero attached hydrogens (tertiary/aromatic N) is 2. The van der Waals surface area contributed by atoms with E-state index in [4.69, 9.17) is 21.1 Å². The molecule has 0 saturated heterocycles. The molecule has 3 rings (SSSR count). The number of carbonyl (C=O) groups is 1. The lowest BCUT2D eigenvalue weighted by Crippen LogP contribution is -2.07. The second-order valence-corrected chi connectivity index (χ2v) is 6.93. The molecule has 2 aromatic rings. The summed E-state index contributed by atoms with van der Waals surface area (Å²) in [6.45, 7) is 2.36. The van der Waals surface area contributed by atoms with E-state index in [1.54, 1.807) is 18.2 Å². The van der Waals surface area contributed by atoms with Crippen LogP contribution < -0.4 is 14.8 Å². The summed E-state index contributed by atoms with van der Waals surface area (Å²) in [5.41, 5.74) is 0.736. The van der Waals surface area contributed by atoms with Crippen LogP contribution in [0.4, 0.5) is 5.13 Å². The number of rotatable bonds is 7. The molecule has 1 fully saturated rings. The fourth-order valence-electron chi connectivity index (χ4n) is 2.24. The molecule has 132 valence electrons. The monoisotopic (exact) mass is 379 g/mol. The van der Waals surface area contributed by atoms with Crippen LogP contribution in [0.3, 0.4) is 0 Å². The molecule has 6 nitrogen and oxygen atoms in total. The van der Waals surface area contributed by atoms with E-state index >= 15 is 0 Å². The highest BCUT2D eigenvalue weighted by molar-refractivity contribution is 7.15. The molecule has 0 unspecified atom stereocenters. The Bertz CT molecular complexity index is 802. The summed E-state index contributed by atoms with van der Waals surface area (Å²) in [4.78, 5) is 12.1. The second-order valence-electron chi connectivity index (χ2n) is 5.51. The van der Waals surface area contributed by atoms with E-state index in [0.29, 0.717) is 34.2 Å². The van der Waals surface area contributed by atoms with Crippen molar-refractivity contribution < 1.29 is 14.3 Å². The SMILES string of the molecule is CCOc1cc(/C=C/C(=O)Nc2nnc(C3CC3)s2)cc(Cl)c1OC. The third-order valence-corrected chi connectivity index (χ3v) is 4.84. The number of amides is 1. The average molecular weight is 380 g/mol. The predicted molar refractivity (Wildman–Crippen MR) is 98.7 cm³/mol. The van der Waals surface area contributed by atoms with Crippen LogP contribution in [0.15, 0.2) is 18.2 Å². The average Bonchev–Trinajstić information content (AvgIpc) is 3.33. The van der Waals surface area contributed by atoms with Crippen molar-refractivity contribution in [3.8, 4) is 11.5 Å². The zero-order valence-electron chi connectivity index (χ0n) is 13.9. The summed E-state index contributed by atoms with van der Waals surface area (Å²) in [6.07, 6.45) is 5.39. The molecule has 1 aromatic heterocycles. The fourth-order valence-corrected chi connectivity index (χ4v) is 3.46. The Balaban J connectivity index is 1.68. The van der Waals surface area contributed by atoms with Gasteiger partial charge in [0.2, 0.25) is 11.0 Å². The smallest absolute Gasteiger partial charge is 0.250 e. The van der Waals surface area contributed by atoms with E-state index in [1.807, 2.05) is 6.92 Å². The number of aromatic nitrogens is 2. The number of anilines is 1. The van der Waals surface area contributed by atoms with Crippen molar-refractivity contribution in [1.82, 2.24) is 10.2 Å². The number of carbonyl (C=O) groups excluding carboxylic acids is 1. The van der Waals surface area contributed by atoms with Crippen LogP contribution in [0, 0.1) is 0 Å². The fraction of sp³-hybridized carbons (Fsp3) is 0.353. The minimum atomic E-state index is -0.275. The second kappa shape index (κ2) is 7.84. The lowest BCUT2D eigenvalue weighted by atomic mass is 10.2. The zero-order chi connectivity index (χ0) is 17.8. The molecule has 25 heavy (non-hydrogen) atoms. The lowest BCUT2D eigenvalue weighted by Gasteiger charge is -2.11. The normalized spacial score (nSPS) is 13.9. The lowest BCUT2D eigenvalue weighted by molar-refractivity contribution is -0.111. The molecule has 1 aliphatic rings. The molecule has 0 bridgehead atoms. The third kappa shape index (κ3) is 4.49. The molecule has 1 heterocycles. The summed E-state index contributed by atoms with van der Waals surface area (Å²) >= 11 is 7.62. The van der Waals surface area contributed by atoms with Gasteiger partial charge in [-0.2, -0.15) is 0 Å². The molecule has 1 aromatic carbocycles. The molecule has 1 aliphatic carbocycles. The zero-order valence-corrected chi connectivity index (χ0v) is 15.5. The van der Waals surface area contributed by atoms with Crippen LogP contribution in [0.25, 0.3) is 6.08 Å². The number of hydrogen-bond acceptors (Lipinski definition) is 6. The Hall–Kier alpha value is -2.12. The van der Waals surface area contributed by atoms with Gasteiger partial charge >= 0.3 is 0 Å². The molecule has 0 aliphatic heterocycles. The first-order valence-corrected chi connectivity index (χ1v) is 9.13. The van der Waals surface area contributed by atoms with Gasteiger partial charge in [-0.25, -0.2) is 0 Å². The molecule has 1 N–H and O–H groups in total. The van der Waals surface area contributed by atoms with Gasteiger partial charge in [0, 0.05) is 12.0 Å². The first-order valence-electron chi connectivity index (χ1n) is 7.93. The summed E-state index contributed by atoms with van der Waals surface area (Å²) in [5, 5.41) is 12.7. The van der Waals surface area contributed by atoms with Gasteiger partial charge in [0.05, 0.1) is 18.7 Å². The Morgan fingerprint density at radius 1 is 1.44 bits per heavy atom. The summed E-state index contributed by atoms with van der Waals surface area (Å²) in [7, 11) is 1.53. The highest BCUT2D eigenvalue weighted by Gasteiger charge is 2.27. The summed E-state index contributed by atoms with van der Waals surface area (Å²) < 4.78 is 10.8. The molecule has 0 atom stereocenters. The molecule has 8 heteroatoms. The highest BCUT2D eigenvalue weighted by atomic mass is 35.5. The molecule has 1 amide bonds. The Morgan fingerprint density at radius 2 is 2.24 bits per heavy atom. The van der Waals surface area contributed by atoms with E-state index < -0.39 is 0 Å². The van der Waals surface area contributed by atoms with Crippen LogP contribution in [-0.4, -0.2) is 29.8 Å². The first kappa shape index (κ1) is 17.7. The van der Waals surface area contributed by atoms with Crippen LogP contribution in [0.5, 0.6) is 11.5 Å². The van der Waals surface area contributed by atoms with E-state index in [0.717, 1.165) is 23.4 Å². The Kier molecular flexibility index (Phi) is 5.55. The van der Waals surface area contributed by atoms with Gasteiger partial charge < -0.3 is 9.47 Å². The molecule has 0 radical (unpaired) electrons. The van der Waals surface area contributed by atoms with Crippen molar-refractivity contribution in [2.24, 2.45) is 0 Å². The molecule has 1 saturated carbocycles. The third-order valence-electron chi connectivity index (χ3n) is 3.56. The summed E-state index contributed by atoms with van der Waals surface area (Å²) in [6, 6.07) is 3.48. The van der Waals surface area contributed by atoms with Crippen LogP contribution in [0.2, 0.25) is 5.02 Å². The van der Waals surface area contributed by atoms with Gasteiger partial charge in [-0.1, -0.05) is 22.9 Å². The largest absolute Gasteiger partial charge is 0.491 e. The van der Waals surface area contributed by atoms with Crippen molar-refractivity contribution in [3.63, 3.8) is 0 Å². The maximum atomic E-state index is 12.1. The van der Waals surface area contributed by atoms with Gasteiger partial charge in [0.15, 0.2) is 11.5 Å². The Morgan fingerprint density at radius 3 is 2.92 bits per heavy atom. The van der Waals surface area contributed by atoms with Crippen LogP contribution in [-0.2, 0) is 4.79 Å². The van der Waals surface area contributed by atoms with Crippen molar-refractivity contribution in [3.05, 3.63) is 33.8 Å². The van der Waals surface area contributed by atoms with E-state index in [1.165, 1.54) is 24.5 Å². The van der Waals surface area contributed by atoms with Gasteiger partial charge in [0.1, 0.15) is 5.01 Å². The van der Waals surface area contributed by atoms with E-state index in [-0.39, 0.29) is 5.91 Å².